The van der Waals surface area contributed by atoms with Gasteiger partial charge < -0.3 is 10.6 Å². The Bertz CT molecular complexity index is 736. The molecule has 120 valence electrons. The van der Waals surface area contributed by atoms with E-state index >= 15 is 0 Å². The summed E-state index contributed by atoms with van der Waals surface area (Å²) in [7, 11) is 4.11. The highest BCUT2D eigenvalue weighted by Gasteiger charge is 2.22. The number of aromatic nitrogens is 1. The largest absolute Gasteiger partial charge is 0.383 e. The average Bonchev–Trinajstić information content (AvgIpc) is 3.17. The summed E-state index contributed by atoms with van der Waals surface area (Å²) in [5.41, 5.74) is 9.85. The molecule has 1 aliphatic rings. The minimum absolute atomic E-state index is 0.370. The van der Waals surface area contributed by atoms with E-state index in [-0.39, 0.29) is 0 Å². The number of hydrogen-bond donors (Lipinski definition) is 1. The first-order chi connectivity index (χ1) is 11.1. The number of nitrogens with zero attached hydrogens (tertiary/aromatic N) is 3. The fourth-order valence-corrected chi connectivity index (χ4v) is 4.22. The molecule has 0 amide bonds. The van der Waals surface area contributed by atoms with Crippen molar-refractivity contribution in [1.82, 2.24) is 9.88 Å². The summed E-state index contributed by atoms with van der Waals surface area (Å²) in [5, 5.41) is 11.7. The minimum atomic E-state index is 0.370. The highest BCUT2D eigenvalue weighted by atomic mass is 32.1. The molecule has 1 fully saturated rings. The first-order valence-corrected chi connectivity index (χ1v) is 8.89. The van der Waals surface area contributed by atoms with Crippen LogP contribution in [0.25, 0.3) is 10.4 Å². The zero-order valence-corrected chi connectivity index (χ0v) is 14.5. The van der Waals surface area contributed by atoms with Gasteiger partial charge in [0.1, 0.15) is 17.5 Å². The lowest BCUT2D eigenvalue weighted by Gasteiger charge is -2.13. The molecule has 2 heterocycles. The lowest BCUT2D eigenvalue weighted by atomic mass is 9.98. The van der Waals surface area contributed by atoms with Gasteiger partial charge in [-0.15, -0.1) is 11.3 Å². The molecule has 0 bridgehead atoms. The number of hydrogen-bond acceptors (Lipinski definition) is 5. The van der Waals surface area contributed by atoms with Crippen molar-refractivity contribution in [2.75, 3.05) is 19.8 Å². The van der Waals surface area contributed by atoms with E-state index in [4.69, 9.17) is 5.73 Å². The molecule has 0 aromatic carbocycles. The van der Waals surface area contributed by atoms with Crippen LogP contribution >= 0.6 is 11.3 Å². The molecular formula is C18H22N4S. The average molecular weight is 326 g/mol. The highest BCUT2D eigenvalue weighted by Crippen LogP contribution is 2.38. The van der Waals surface area contributed by atoms with Crippen LogP contribution in [-0.2, 0) is 6.54 Å². The number of thiophene rings is 1. The van der Waals surface area contributed by atoms with Gasteiger partial charge in [0.05, 0.1) is 0 Å². The van der Waals surface area contributed by atoms with Gasteiger partial charge in [-0.1, -0.05) is 12.8 Å². The highest BCUT2D eigenvalue weighted by molar-refractivity contribution is 7.13. The van der Waals surface area contributed by atoms with Gasteiger partial charge in [0.15, 0.2) is 0 Å². The molecule has 0 unspecified atom stereocenters. The Kier molecular flexibility index (Phi) is 4.65. The fraction of sp³-hybridized carbons (Fsp3) is 0.444. The number of nitrogen functional groups attached to an aromatic ring is 1. The third-order valence-electron chi connectivity index (χ3n) is 4.37. The van der Waals surface area contributed by atoms with Crippen molar-refractivity contribution in [3.63, 3.8) is 0 Å². The molecule has 3 rings (SSSR count). The molecule has 0 spiro atoms. The van der Waals surface area contributed by atoms with Crippen molar-refractivity contribution in [3.8, 4) is 16.5 Å². The van der Waals surface area contributed by atoms with Crippen molar-refractivity contribution < 1.29 is 0 Å². The number of nitrogens with two attached hydrogens (primary N) is 1. The second kappa shape index (κ2) is 6.69. The van der Waals surface area contributed by atoms with Crippen molar-refractivity contribution in [3.05, 3.63) is 34.3 Å². The molecule has 4 nitrogen and oxygen atoms in total. The molecule has 0 aliphatic heterocycles. The van der Waals surface area contributed by atoms with Gasteiger partial charge >= 0.3 is 0 Å². The lowest BCUT2D eigenvalue weighted by Crippen LogP contribution is -2.09. The molecule has 0 saturated heterocycles. The Morgan fingerprint density at radius 3 is 2.74 bits per heavy atom. The van der Waals surface area contributed by atoms with E-state index in [2.05, 4.69) is 47.6 Å². The Morgan fingerprint density at radius 2 is 2.09 bits per heavy atom. The van der Waals surface area contributed by atoms with Crippen LogP contribution in [0.1, 0.15) is 48.4 Å². The first-order valence-electron chi connectivity index (χ1n) is 8.01. The van der Waals surface area contributed by atoms with Crippen molar-refractivity contribution >= 4 is 17.2 Å². The second-order valence-electron chi connectivity index (χ2n) is 6.51. The standard InChI is InChI=1S/C18H22N4S/c1-22(2)10-12-7-17(23-11-12)14-8-16(13-5-3-4-6-13)21-18(20)15(14)9-19/h7-8,11,13H,3-6,10H2,1-2H3,(H2,20,21). The SMILES string of the molecule is CN(C)Cc1csc(-c2cc(C3CCCC3)nc(N)c2C#N)c1. The number of pyridine rings is 1. The predicted molar refractivity (Wildman–Crippen MR) is 95.3 cm³/mol. The number of anilines is 1. The van der Waals surface area contributed by atoms with Gasteiger partial charge in [-0.2, -0.15) is 5.26 Å². The molecule has 0 radical (unpaired) electrons. The van der Waals surface area contributed by atoms with Crippen LogP contribution in [-0.4, -0.2) is 24.0 Å². The van der Waals surface area contributed by atoms with E-state index < -0.39 is 0 Å². The predicted octanol–water partition coefficient (Wildman–Crippen LogP) is 3.98. The molecule has 5 heteroatoms. The van der Waals surface area contributed by atoms with Crippen LogP contribution in [0.4, 0.5) is 5.82 Å². The van der Waals surface area contributed by atoms with E-state index in [1.54, 1.807) is 11.3 Å². The molecule has 2 N–H and O–H groups in total. The van der Waals surface area contributed by atoms with Gasteiger partial charge in [0.2, 0.25) is 0 Å². The smallest absolute Gasteiger partial charge is 0.142 e. The van der Waals surface area contributed by atoms with E-state index in [0.29, 0.717) is 17.3 Å². The summed E-state index contributed by atoms with van der Waals surface area (Å²) in [6, 6.07) is 6.50. The van der Waals surface area contributed by atoms with Gasteiger partial charge in [-0.3, -0.25) is 0 Å². The van der Waals surface area contributed by atoms with Crippen molar-refractivity contribution in [2.24, 2.45) is 0 Å². The van der Waals surface area contributed by atoms with E-state index in [1.807, 2.05) is 0 Å². The third-order valence-corrected chi connectivity index (χ3v) is 5.38. The third kappa shape index (κ3) is 3.39. The van der Waals surface area contributed by atoms with Crippen LogP contribution in [0.5, 0.6) is 0 Å². The monoisotopic (exact) mass is 326 g/mol. The maximum Gasteiger partial charge on any atom is 0.142 e. The lowest BCUT2D eigenvalue weighted by molar-refractivity contribution is 0.403. The number of rotatable bonds is 4. The molecular weight excluding hydrogens is 304 g/mol. The molecule has 23 heavy (non-hydrogen) atoms. The summed E-state index contributed by atoms with van der Waals surface area (Å²) < 4.78 is 0. The van der Waals surface area contributed by atoms with Crippen LogP contribution < -0.4 is 5.73 Å². The second-order valence-corrected chi connectivity index (χ2v) is 7.42. The Hall–Kier alpha value is -1.90. The maximum absolute atomic E-state index is 9.50. The van der Waals surface area contributed by atoms with Crippen LogP contribution in [0.3, 0.4) is 0 Å². The molecule has 1 saturated carbocycles. The number of nitriles is 1. The van der Waals surface area contributed by atoms with Crippen LogP contribution in [0.15, 0.2) is 17.5 Å². The van der Waals surface area contributed by atoms with Gasteiger partial charge in [0.25, 0.3) is 0 Å². The van der Waals surface area contributed by atoms with Crippen LogP contribution in [0, 0.1) is 11.3 Å². The topological polar surface area (TPSA) is 65.9 Å². The van der Waals surface area contributed by atoms with Crippen LogP contribution in [0.2, 0.25) is 0 Å². The summed E-state index contributed by atoms with van der Waals surface area (Å²) in [5.74, 6) is 0.861. The fourth-order valence-electron chi connectivity index (χ4n) is 3.29. The Labute approximate surface area is 141 Å². The Morgan fingerprint density at radius 1 is 1.35 bits per heavy atom. The summed E-state index contributed by atoms with van der Waals surface area (Å²) in [6.45, 7) is 0.897. The van der Waals surface area contributed by atoms with Gasteiger partial charge in [0, 0.05) is 28.6 Å². The zero-order valence-electron chi connectivity index (χ0n) is 13.7. The molecule has 2 aromatic rings. The molecule has 0 atom stereocenters. The van der Waals surface area contributed by atoms with E-state index in [9.17, 15) is 5.26 Å². The normalized spacial score (nSPS) is 15.2. The van der Waals surface area contributed by atoms with Crippen molar-refractivity contribution in [2.45, 2.75) is 38.1 Å². The summed E-state index contributed by atoms with van der Waals surface area (Å²) in [4.78, 5) is 7.76. The molecule has 2 aromatic heterocycles. The van der Waals surface area contributed by atoms with Gasteiger partial charge in [-0.25, -0.2) is 4.98 Å². The van der Waals surface area contributed by atoms with E-state index in [0.717, 1.165) is 22.7 Å². The first kappa shape index (κ1) is 16.0. The Balaban J connectivity index is 2.02. The minimum Gasteiger partial charge on any atom is -0.383 e. The quantitative estimate of drug-likeness (QED) is 0.923. The summed E-state index contributed by atoms with van der Waals surface area (Å²) in [6.07, 6.45) is 4.86. The van der Waals surface area contributed by atoms with E-state index in [1.165, 1.54) is 31.2 Å². The maximum atomic E-state index is 9.50. The zero-order chi connectivity index (χ0) is 16.4. The molecule has 1 aliphatic carbocycles. The van der Waals surface area contributed by atoms with Crippen molar-refractivity contribution in [1.29, 1.82) is 5.26 Å². The van der Waals surface area contributed by atoms with Gasteiger partial charge in [-0.05, 0) is 50.0 Å². The summed E-state index contributed by atoms with van der Waals surface area (Å²) >= 11 is 1.67.